The first kappa shape index (κ1) is 19.8. The number of nitrogens with one attached hydrogen (secondary N) is 1. The molecule has 1 fully saturated rings. The molecule has 0 spiro atoms. The molecule has 1 N–H and O–H groups in total. The third kappa shape index (κ3) is 4.31. The van der Waals surface area contributed by atoms with Crippen LogP contribution in [-0.2, 0) is 10.0 Å². The fourth-order valence-corrected chi connectivity index (χ4v) is 4.81. The highest BCUT2D eigenvalue weighted by molar-refractivity contribution is 7.89. The number of benzene rings is 2. The van der Waals surface area contributed by atoms with E-state index >= 15 is 0 Å². The second-order valence-corrected chi connectivity index (χ2v) is 8.86. The molecule has 2 aromatic carbocycles. The van der Waals surface area contributed by atoms with Crippen LogP contribution in [0.4, 0.5) is 10.1 Å². The van der Waals surface area contributed by atoms with E-state index in [1.807, 2.05) is 0 Å². The van der Waals surface area contributed by atoms with Gasteiger partial charge in [-0.2, -0.15) is 4.31 Å². The molecule has 0 bridgehead atoms. The highest BCUT2D eigenvalue weighted by Crippen LogP contribution is 2.26. The third-order valence-corrected chi connectivity index (χ3v) is 6.79. The molecule has 0 aromatic heterocycles. The van der Waals surface area contributed by atoms with Gasteiger partial charge in [0.15, 0.2) is 0 Å². The smallest absolute Gasteiger partial charge is 0.257 e. The van der Waals surface area contributed by atoms with E-state index in [0.717, 1.165) is 31.4 Å². The van der Waals surface area contributed by atoms with Crippen molar-refractivity contribution in [3.63, 3.8) is 0 Å². The van der Waals surface area contributed by atoms with Crippen LogP contribution in [0.15, 0.2) is 41.3 Å². The molecule has 144 valence electrons. The Morgan fingerprint density at radius 2 is 1.81 bits per heavy atom. The molecule has 27 heavy (non-hydrogen) atoms. The number of nitrogens with zero attached hydrogens (tertiary/aromatic N) is 1. The largest absolute Gasteiger partial charge is 0.322 e. The van der Waals surface area contributed by atoms with Gasteiger partial charge in [-0.25, -0.2) is 12.8 Å². The quantitative estimate of drug-likeness (QED) is 0.820. The predicted octanol–water partition coefficient (Wildman–Crippen LogP) is 4.21. The fraction of sp³-hybridized carbons (Fsp3) is 0.316. The average molecular weight is 411 g/mol. The van der Waals surface area contributed by atoms with Crippen LogP contribution < -0.4 is 5.32 Å². The van der Waals surface area contributed by atoms with Crippen LogP contribution in [0.5, 0.6) is 0 Å². The molecule has 1 saturated heterocycles. The molecule has 1 heterocycles. The first-order valence-corrected chi connectivity index (χ1v) is 10.5. The summed E-state index contributed by atoms with van der Waals surface area (Å²) in [5, 5.41) is 2.66. The van der Waals surface area contributed by atoms with Crippen molar-refractivity contribution in [1.82, 2.24) is 4.31 Å². The summed E-state index contributed by atoms with van der Waals surface area (Å²) in [6, 6.07) is 8.13. The molecule has 0 saturated carbocycles. The Hall–Kier alpha value is -1.96. The summed E-state index contributed by atoms with van der Waals surface area (Å²) in [7, 11) is -3.61. The number of carbonyl (C=O) groups is 1. The molecule has 0 atom stereocenters. The van der Waals surface area contributed by atoms with Crippen LogP contribution in [0.3, 0.4) is 0 Å². The minimum absolute atomic E-state index is 0.0118. The van der Waals surface area contributed by atoms with Gasteiger partial charge in [-0.15, -0.1) is 0 Å². The number of halogens is 2. The number of carbonyl (C=O) groups excluding carboxylic acids is 1. The lowest BCUT2D eigenvalue weighted by atomic mass is 10.1. The van der Waals surface area contributed by atoms with Crippen LogP contribution in [0.2, 0.25) is 5.02 Å². The van der Waals surface area contributed by atoms with Gasteiger partial charge in [0.25, 0.3) is 5.91 Å². The van der Waals surface area contributed by atoms with Crippen molar-refractivity contribution in [2.75, 3.05) is 18.4 Å². The summed E-state index contributed by atoms with van der Waals surface area (Å²) >= 11 is 5.93. The third-order valence-electron chi connectivity index (χ3n) is 4.59. The zero-order valence-corrected chi connectivity index (χ0v) is 16.4. The maximum Gasteiger partial charge on any atom is 0.257 e. The second-order valence-electron chi connectivity index (χ2n) is 6.52. The van der Waals surface area contributed by atoms with Gasteiger partial charge in [-0.1, -0.05) is 24.1 Å². The first-order valence-electron chi connectivity index (χ1n) is 8.66. The first-order chi connectivity index (χ1) is 12.8. The number of anilines is 1. The van der Waals surface area contributed by atoms with Gasteiger partial charge in [0.1, 0.15) is 5.82 Å². The summed E-state index contributed by atoms with van der Waals surface area (Å²) in [5.41, 5.74) is 1.19. The lowest BCUT2D eigenvalue weighted by molar-refractivity contribution is 0.102. The Bertz CT molecular complexity index is 973. The Balaban J connectivity index is 1.88. The van der Waals surface area contributed by atoms with Crippen LogP contribution >= 0.6 is 11.6 Å². The van der Waals surface area contributed by atoms with Gasteiger partial charge in [-0.05, 0) is 55.7 Å². The summed E-state index contributed by atoms with van der Waals surface area (Å²) in [6.07, 6.45) is 2.72. The van der Waals surface area contributed by atoms with Crippen molar-refractivity contribution in [2.45, 2.75) is 31.1 Å². The Morgan fingerprint density at radius 1 is 1.11 bits per heavy atom. The maximum absolute atomic E-state index is 13.2. The van der Waals surface area contributed by atoms with E-state index in [4.69, 9.17) is 11.6 Å². The summed E-state index contributed by atoms with van der Waals surface area (Å²) < 4.78 is 40.3. The van der Waals surface area contributed by atoms with Gasteiger partial charge < -0.3 is 5.32 Å². The van der Waals surface area contributed by atoms with E-state index in [2.05, 4.69) is 5.32 Å². The van der Waals surface area contributed by atoms with Crippen molar-refractivity contribution < 1.29 is 17.6 Å². The molecular weight excluding hydrogens is 391 g/mol. The Kier molecular flexibility index (Phi) is 5.83. The monoisotopic (exact) mass is 410 g/mol. The van der Waals surface area contributed by atoms with E-state index in [0.29, 0.717) is 24.3 Å². The molecule has 0 radical (unpaired) electrons. The van der Waals surface area contributed by atoms with Crippen molar-refractivity contribution in [3.8, 4) is 0 Å². The number of rotatable bonds is 4. The van der Waals surface area contributed by atoms with Gasteiger partial charge in [0.2, 0.25) is 10.0 Å². The van der Waals surface area contributed by atoms with Crippen LogP contribution in [-0.4, -0.2) is 31.7 Å². The zero-order chi connectivity index (χ0) is 19.6. The number of piperidine rings is 1. The number of hydrogen-bond donors (Lipinski definition) is 1. The van der Waals surface area contributed by atoms with Gasteiger partial charge >= 0.3 is 0 Å². The topological polar surface area (TPSA) is 66.5 Å². The Labute approximate surface area is 163 Å². The van der Waals surface area contributed by atoms with E-state index in [-0.39, 0.29) is 15.5 Å². The van der Waals surface area contributed by atoms with Crippen molar-refractivity contribution >= 4 is 33.2 Å². The van der Waals surface area contributed by atoms with E-state index in [1.54, 1.807) is 19.1 Å². The van der Waals surface area contributed by atoms with E-state index < -0.39 is 21.7 Å². The summed E-state index contributed by atoms with van der Waals surface area (Å²) in [5.74, 6) is -1.07. The highest BCUT2D eigenvalue weighted by Gasteiger charge is 2.26. The zero-order valence-electron chi connectivity index (χ0n) is 14.8. The van der Waals surface area contributed by atoms with Crippen molar-refractivity contribution in [3.05, 3.63) is 58.4 Å². The van der Waals surface area contributed by atoms with Crippen molar-refractivity contribution in [1.29, 1.82) is 0 Å². The van der Waals surface area contributed by atoms with Gasteiger partial charge in [-0.3, -0.25) is 4.79 Å². The molecule has 3 rings (SSSR count). The molecule has 1 aliphatic rings. The standard InChI is InChI=1S/C19H20ClFN2O3S/c1-13-5-7-15(27(25,26)23-9-3-2-4-10-23)12-18(13)22-19(24)16-8-6-14(21)11-17(16)20/h5-8,11-12H,2-4,9-10H2,1H3,(H,22,24). The normalized spacial score (nSPS) is 15.5. The average Bonchev–Trinajstić information content (AvgIpc) is 2.64. The lowest BCUT2D eigenvalue weighted by Crippen LogP contribution is -2.35. The minimum atomic E-state index is -3.61. The molecule has 0 unspecified atom stereocenters. The van der Waals surface area contributed by atoms with Crippen molar-refractivity contribution in [2.24, 2.45) is 0 Å². The van der Waals surface area contributed by atoms with E-state index in [9.17, 15) is 17.6 Å². The molecular formula is C19H20ClFN2O3S. The minimum Gasteiger partial charge on any atom is -0.322 e. The number of amides is 1. The number of hydrogen-bond acceptors (Lipinski definition) is 3. The van der Waals surface area contributed by atoms with Gasteiger partial charge in [0.05, 0.1) is 15.5 Å². The lowest BCUT2D eigenvalue weighted by Gasteiger charge is -2.26. The molecule has 1 amide bonds. The molecule has 0 aliphatic carbocycles. The van der Waals surface area contributed by atoms with Crippen LogP contribution in [0, 0.1) is 12.7 Å². The molecule has 1 aliphatic heterocycles. The number of aryl methyl sites for hydroxylation is 1. The Morgan fingerprint density at radius 3 is 2.48 bits per heavy atom. The summed E-state index contributed by atoms with van der Waals surface area (Å²) in [4.78, 5) is 12.6. The maximum atomic E-state index is 13.2. The van der Waals surface area contributed by atoms with E-state index in [1.165, 1.54) is 16.4 Å². The van der Waals surface area contributed by atoms with Crippen LogP contribution in [0.1, 0.15) is 35.2 Å². The highest BCUT2D eigenvalue weighted by atomic mass is 35.5. The predicted molar refractivity (Wildman–Crippen MR) is 103 cm³/mol. The number of sulfonamides is 1. The summed E-state index contributed by atoms with van der Waals surface area (Å²) in [6.45, 7) is 2.77. The molecule has 5 nitrogen and oxygen atoms in total. The fourth-order valence-electron chi connectivity index (χ4n) is 3.01. The SMILES string of the molecule is Cc1ccc(S(=O)(=O)N2CCCCC2)cc1NC(=O)c1ccc(F)cc1Cl. The molecule has 2 aromatic rings. The second kappa shape index (κ2) is 7.96. The molecule has 8 heteroatoms. The van der Waals surface area contributed by atoms with Crippen LogP contribution in [0.25, 0.3) is 0 Å². The van der Waals surface area contributed by atoms with Gasteiger partial charge in [0, 0.05) is 18.8 Å².